The Labute approximate surface area is 358 Å². The highest BCUT2D eigenvalue weighted by Crippen LogP contribution is 2.46. The second-order valence-electron chi connectivity index (χ2n) is 17.5. The molecule has 1 unspecified atom stereocenters. The Bertz CT molecular complexity index is 2210. The molecule has 2 aliphatic carbocycles. The number of allylic oxidation sites excluding steroid dienone is 4. The number of hydrogen-bond acceptors (Lipinski definition) is 9. The third-order valence-electron chi connectivity index (χ3n) is 11.4. The largest absolute Gasteiger partial charge is 0.444 e. The van der Waals surface area contributed by atoms with Gasteiger partial charge in [0, 0.05) is 24.4 Å². The summed E-state index contributed by atoms with van der Waals surface area (Å²) < 4.78 is 135. The van der Waals surface area contributed by atoms with Crippen LogP contribution in [0.2, 0.25) is 0 Å². The summed E-state index contributed by atoms with van der Waals surface area (Å²) in [5.74, 6) is -8.47. The lowest BCUT2D eigenvalue weighted by Gasteiger charge is -2.30. The van der Waals surface area contributed by atoms with E-state index in [1.165, 1.54) is 17.0 Å². The number of nitrogens with zero attached hydrogens (tertiary/aromatic N) is 2. The normalized spacial score (nSPS) is 27.6. The lowest BCUT2D eigenvalue weighted by atomic mass is 9.90. The van der Waals surface area contributed by atoms with Crippen LogP contribution in [0.5, 0.6) is 0 Å². The van der Waals surface area contributed by atoms with Gasteiger partial charge < -0.3 is 25.0 Å². The molecular weight excluding hydrogens is 872 g/mol. The molecule has 3 aliphatic heterocycles. The average Bonchev–Trinajstić information content (AvgIpc) is 3.44. The zero-order valence-corrected chi connectivity index (χ0v) is 35.4. The Hall–Kier alpha value is -5.15. The number of fused-ring (bicyclic) bond motifs is 3. The van der Waals surface area contributed by atoms with E-state index in [0.717, 1.165) is 4.90 Å². The standard InChI is InChI=1S/C41H48F7N5O9S/c1-38(2,3)62-36(57)49-31-13-8-6-4-5-7-11-25-18-39(25,35(56)51-63(59,60)22-23-14-26(40(43,44)45)16-27(15-23)41(46,47)48)50-33(54)32-17-28(20-53(32)34(31)55)61-37(58)52-19-24-10-9-12-30(42)29(24)21-52/h7,9-12,14,16,25,27-28,31-32H,4-6,8,13,15,17-22H2,1-3H3,(H,49,57)(H,50,54)(H,51,56)/b11-7-/t25-,27?,28-,31+,32+,39-/m1/s1. The minimum absolute atomic E-state index is 0.0168. The molecule has 1 aromatic rings. The molecule has 5 amide bonds. The molecule has 22 heteroatoms. The highest BCUT2D eigenvalue weighted by molar-refractivity contribution is 7.90. The van der Waals surface area contributed by atoms with Crippen molar-refractivity contribution in [2.75, 3.05) is 12.3 Å². The van der Waals surface area contributed by atoms with Gasteiger partial charge >= 0.3 is 24.5 Å². The van der Waals surface area contributed by atoms with Gasteiger partial charge in [-0.15, -0.1) is 0 Å². The predicted octanol–water partition coefficient (Wildman–Crippen LogP) is 5.98. The Morgan fingerprint density at radius 2 is 1.75 bits per heavy atom. The van der Waals surface area contributed by atoms with Crippen LogP contribution in [-0.4, -0.2) is 102 Å². The molecule has 0 spiro atoms. The first-order valence-corrected chi connectivity index (χ1v) is 22.0. The van der Waals surface area contributed by atoms with E-state index < -0.39 is 123 Å². The number of carbonyl (C=O) groups excluding carboxylic acids is 5. The van der Waals surface area contributed by atoms with Crippen molar-refractivity contribution in [3.8, 4) is 0 Å². The van der Waals surface area contributed by atoms with Crippen LogP contribution in [0.25, 0.3) is 0 Å². The van der Waals surface area contributed by atoms with Crippen LogP contribution in [-0.2, 0) is 47.0 Å². The molecule has 0 radical (unpaired) electrons. The molecule has 5 aliphatic rings. The molecule has 3 N–H and O–H groups in total. The van der Waals surface area contributed by atoms with Crippen LogP contribution in [0.1, 0.15) is 83.3 Å². The number of alkyl halides is 6. The summed E-state index contributed by atoms with van der Waals surface area (Å²) in [6.07, 6.45) is -9.26. The fourth-order valence-electron chi connectivity index (χ4n) is 8.23. The second-order valence-corrected chi connectivity index (χ2v) is 19.2. The molecule has 6 rings (SSSR count). The van der Waals surface area contributed by atoms with Gasteiger partial charge in [0.05, 0.1) is 30.3 Å². The van der Waals surface area contributed by atoms with Gasteiger partial charge in [0.1, 0.15) is 35.1 Å². The van der Waals surface area contributed by atoms with Crippen molar-refractivity contribution in [2.45, 2.75) is 127 Å². The first-order chi connectivity index (χ1) is 29.2. The third-order valence-corrected chi connectivity index (χ3v) is 12.6. The van der Waals surface area contributed by atoms with Gasteiger partial charge in [0.15, 0.2) is 0 Å². The Morgan fingerprint density at radius 3 is 2.41 bits per heavy atom. The van der Waals surface area contributed by atoms with Crippen molar-refractivity contribution >= 4 is 39.9 Å². The fraction of sp³-hybridized carbons (Fsp3) is 0.585. The molecular formula is C41H48F7N5O9S. The molecule has 2 fully saturated rings. The molecule has 6 atom stereocenters. The van der Waals surface area contributed by atoms with Gasteiger partial charge in [-0.3, -0.25) is 24.0 Å². The number of sulfonamides is 1. The lowest BCUT2D eigenvalue weighted by Crippen LogP contribution is -2.58. The van der Waals surface area contributed by atoms with Crippen LogP contribution >= 0.6 is 0 Å². The first kappa shape index (κ1) is 47.3. The van der Waals surface area contributed by atoms with Crippen LogP contribution in [0.15, 0.2) is 53.6 Å². The van der Waals surface area contributed by atoms with E-state index in [4.69, 9.17) is 9.47 Å². The van der Waals surface area contributed by atoms with Gasteiger partial charge in [-0.2, -0.15) is 26.3 Å². The summed E-state index contributed by atoms with van der Waals surface area (Å²) in [4.78, 5) is 71.4. The first-order valence-electron chi connectivity index (χ1n) is 20.4. The topological polar surface area (TPSA) is 181 Å². The van der Waals surface area contributed by atoms with E-state index in [1.807, 2.05) is 0 Å². The summed E-state index contributed by atoms with van der Waals surface area (Å²) in [5, 5.41) is 5.13. The quantitative estimate of drug-likeness (QED) is 0.229. The summed E-state index contributed by atoms with van der Waals surface area (Å²) >= 11 is 0. The number of ether oxygens (including phenoxy) is 2. The minimum atomic E-state index is -5.23. The van der Waals surface area contributed by atoms with E-state index in [9.17, 15) is 63.1 Å². The number of rotatable bonds is 6. The molecule has 0 bridgehead atoms. The summed E-state index contributed by atoms with van der Waals surface area (Å²) in [5.41, 5.74) is -4.56. The van der Waals surface area contributed by atoms with Gasteiger partial charge in [-0.05, 0) is 64.5 Å². The Morgan fingerprint density at radius 1 is 1.02 bits per heavy atom. The Balaban J connectivity index is 1.25. The van der Waals surface area contributed by atoms with Crippen molar-refractivity contribution in [3.63, 3.8) is 0 Å². The highest BCUT2D eigenvalue weighted by Gasteiger charge is 2.62. The van der Waals surface area contributed by atoms with Crippen LogP contribution in [0, 0.1) is 17.7 Å². The maximum absolute atomic E-state index is 14.5. The lowest BCUT2D eigenvalue weighted by molar-refractivity contribution is -0.162. The van der Waals surface area contributed by atoms with E-state index in [2.05, 4.69) is 10.6 Å². The monoisotopic (exact) mass is 919 g/mol. The molecule has 346 valence electrons. The zero-order valence-electron chi connectivity index (χ0n) is 34.5. The van der Waals surface area contributed by atoms with Crippen molar-refractivity contribution < 1.29 is 72.6 Å². The van der Waals surface area contributed by atoms with E-state index in [0.29, 0.717) is 42.9 Å². The van der Waals surface area contributed by atoms with Crippen LogP contribution < -0.4 is 15.4 Å². The predicted molar refractivity (Wildman–Crippen MR) is 209 cm³/mol. The number of benzene rings is 1. The summed E-state index contributed by atoms with van der Waals surface area (Å²) in [6, 6.07) is 1.66. The van der Waals surface area contributed by atoms with Gasteiger partial charge in [-0.1, -0.05) is 54.9 Å². The Kier molecular flexibility index (Phi) is 13.4. The average molecular weight is 920 g/mol. The highest BCUT2D eigenvalue weighted by atomic mass is 32.2. The van der Waals surface area contributed by atoms with E-state index in [1.54, 1.807) is 43.7 Å². The smallest absolute Gasteiger partial charge is 0.416 e. The van der Waals surface area contributed by atoms with Crippen LogP contribution in [0.4, 0.5) is 40.3 Å². The maximum atomic E-state index is 14.5. The van der Waals surface area contributed by atoms with Crippen molar-refractivity contribution in [1.82, 2.24) is 25.2 Å². The van der Waals surface area contributed by atoms with Gasteiger partial charge in [0.2, 0.25) is 21.8 Å². The fourth-order valence-corrected chi connectivity index (χ4v) is 9.45. The number of carbonyl (C=O) groups is 5. The van der Waals surface area contributed by atoms with Gasteiger partial charge in [-0.25, -0.2) is 22.4 Å². The molecule has 1 saturated heterocycles. The molecule has 1 saturated carbocycles. The number of alkyl carbamates (subject to hydrolysis) is 1. The molecule has 14 nitrogen and oxygen atoms in total. The van der Waals surface area contributed by atoms with Crippen molar-refractivity contribution in [3.05, 3.63) is 70.6 Å². The number of halogens is 7. The summed E-state index contributed by atoms with van der Waals surface area (Å²) in [6.45, 7) is 4.38. The number of amides is 5. The van der Waals surface area contributed by atoms with Crippen molar-refractivity contribution in [1.29, 1.82) is 0 Å². The minimum Gasteiger partial charge on any atom is -0.444 e. The van der Waals surface area contributed by atoms with Crippen LogP contribution in [0.3, 0.4) is 0 Å². The van der Waals surface area contributed by atoms with E-state index >= 15 is 0 Å². The van der Waals surface area contributed by atoms with Gasteiger partial charge in [0.25, 0.3) is 5.91 Å². The zero-order chi connectivity index (χ0) is 46.3. The number of nitrogens with one attached hydrogen (secondary N) is 3. The molecule has 0 aromatic heterocycles. The summed E-state index contributed by atoms with van der Waals surface area (Å²) in [7, 11) is -4.98. The second kappa shape index (κ2) is 17.8. The molecule has 63 heavy (non-hydrogen) atoms. The van der Waals surface area contributed by atoms with Crippen molar-refractivity contribution in [2.24, 2.45) is 11.8 Å². The third kappa shape index (κ3) is 11.5. The number of hydrogen-bond donors (Lipinski definition) is 3. The maximum Gasteiger partial charge on any atom is 0.416 e. The SMILES string of the molecule is CC(C)(C)OC(=O)N[C@H]1CCCCC/C=C\[C@@H]2C[C@@]2(C(=O)NS(=O)(=O)CC2=CC(C(F)(F)F)=CC(C(F)(F)F)C2)NC(=O)[C@@H]2C[C@@H](OC(=O)N3Cc4cccc(F)c4C3)CN2C1=O. The van der Waals surface area contributed by atoms with E-state index in [-0.39, 0.29) is 45.0 Å². The molecule has 1 aromatic carbocycles. The molecule has 3 heterocycles.